The number of fused-ring (bicyclic) bond motifs is 3. The molecular weight excluding hydrogens is 358 g/mol. The predicted octanol–water partition coefficient (Wildman–Crippen LogP) is 0.0947. The molecule has 2 N–H and O–H groups in total. The number of imide groups is 1. The summed E-state index contributed by atoms with van der Waals surface area (Å²) in [6, 6.07) is 9.75. The van der Waals surface area contributed by atoms with E-state index in [4.69, 9.17) is 5.11 Å². The van der Waals surface area contributed by atoms with Gasteiger partial charge in [-0.05, 0) is 24.8 Å². The molecule has 3 unspecified atom stereocenters. The maximum absolute atomic E-state index is 13.1. The molecule has 28 heavy (non-hydrogen) atoms. The van der Waals surface area contributed by atoms with Crippen LogP contribution in [0.3, 0.4) is 0 Å². The molecule has 3 heterocycles. The van der Waals surface area contributed by atoms with Gasteiger partial charge in [0.05, 0.1) is 0 Å². The highest BCUT2D eigenvalue weighted by Gasteiger charge is 2.55. The van der Waals surface area contributed by atoms with Crippen molar-refractivity contribution in [3.05, 3.63) is 35.9 Å². The van der Waals surface area contributed by atoms with Crippen LogP contribution in [0.15, 0.2) is 30.3 Å². The molecule has 152 valence electrons. The van der Waals surface area contributed by atoms with Gasteiger partial charge in [-0.1, -0.05) is 30.3 Å². The minimum absolute atomic E-state index is 0.0350. The van der Waals surface area contributed by atoms with E-state index in [0.717, 1.165) is 32.5 Å². The first-order valence-corrected chi connectivity index (χ1v) is 10.1. The Morgan fingerprint density at radius 1 is 1.14 bits per heavy atom. The first kappa shape index (κ1) is 19.3. The molecule has 3 aliphatic rings. The maximum Gasteiger partial charge on any atom is 0.327 e. The molecule has 0 saturated carbocycles. The van der Waals surface area contributed by atoms with Gasteiger partial charge in [0.2, 0.25) is 0 Å². The van der Waals surface area contributed by atoms with Crippen LogP contribution in [0.4, 0.5) is 4.79 Å². The molecule has 1 aromatic carbocycles. The fraction of sp³-hybridized carbons (Fsp3) is 0.600. The minimum atomic E-state index is -0.370. The van der Waals surface area contributed by atoms with Crippen LogP contribution in [0.2, 0.25) is 0 Å². The first-order valence-electron chi connectivity index (χ1n) is 10.1. The Hall–Kier alpha value is -2.00. The first-order chi connectivity index (χ1) is 13.6. The molecule has 3 saturated heterocycles. The summed E-state index contributed by atoms with van der Waals surface area (Å²) in [6.07, 6.45) is 2.01. The van der Waals surface area contributed by atoms with Crippen LogP contribution in [0.5, 0.6) is 0 Å². The van der Waals surface area contributed by atoms with Gasteiger partial charge in [0, 0.05) is 39.8 Å². The summed E-state index contributed by atoms with van der Waals surface area (Å²) in [5, 5.41) is 12.6. The highest BCUT2D eigenvalue weighted by molar-refractivity contribution is 6.00. The van der Waals surface area contributed by atoms with Crippen molar-refractivity contribution in [3.63, 3.8) is 0 Å². The molecule has 0 aromatic heterocycles. The lowest BCUT2D eigenvalue weighted by atomic mass is 10.1. The number of nitrogens with zero attached hydrogens (tertiary/aromatic N) is 4. The molecular formula is C20H29N5O3. The third kappa shape index (κ3) is 3.41. The van der Waals surface area contributed by atoms with Gasteiger partial charge in [-0.15, -0.1) is 0 Å². The van der Waals surface area contributed by atoms with Gasteiger partial charge in [-0.3, -0.25) is 24.8 Å². The zero-order valence-corrected chi connectivity index (χ0v) is 16.3. The lowest BCUT2D eigenvalue weighted by molar-refractivity contribution is -0.140. The fourth-order valence-corrected chi connectivity index (χ4v) is 4.58. The summed E-state index contributed by atoms with van der Waals surface area (Å²) in [6.45, 7) is 2.94. The summed E-state index contributed by atoms with van der Waals surface area (Å²) < 4.78 is 0. The summed E-state index contributed by atoms with van der Waals surface area (Å²) in [4.78, 5) is 33.3. The number of aliphatic hydroxyl groups is 1. The normalized spacial score (nSPS) is 28.6. The van der Waals surface area contributed by atoms with Gasteiger partial charge in [0.15, 0.2) is 0 Å². The second-order valence-electron chi connectivity index (χ2n) is 7.75. The Balaban J connectivity index is 1.49. The highest BCUT2D eigenvalue weighted by Crippen LogP contribution is 2.30. The molecule has 3 atom stereocenters. The van der Waals surface area contributed by atoms with Gasteiger partial charge in [0.1, 0.15) is 18.5 Å². The molecule has 8 heteroatoms. The Bertz CT molecular complexity index is 715. The van der Waals surface area contributed by atoms with E-state index >= 15 is 0 Å². The number of carbonyl (C=O) groups is 2. The van der Waals surface area contributed by atoms with Crippen molar-refractivity contribution in [1.82, 2.24) is 24.9 Å². The number of hydrogen-bond acceptors (Lipinski definition) is 6. The molecule has 3 fully saturated rings. The minimum Gasteiger partial charge on any atom is -0.396 e. The summed E-state index contributed by atoms with van der Waals surface area (Å²) in [7, 11) is 1.75. The number of aliphatic hydroxyl groups excluding tert-OH is 1. The number of benzene rings is 1. The van der Waals surface area contributed by atoms with Crippen molar-refractivity contribution in [3.8, 4) is 0 Å². The van der Waals surface area contributed by atoms with Gasteiger partial charge >= 0.3 is 6.03 Å². The Morgan fingerprint density at radius 2 is 1.93 bits per heavy atom. The summed E-state index contributed by atoms with van der Waals surface area (Å²) >= 11 is 0. The average molecular weight is 387 g/mol. The summed E-state index contributed by atoms with van der Waals surface area (Å²) in [5.41, 5.74) is 1.30. The van der Waals surface area contributed by atoms with Crippen LogP contribution >= 0.6 is 0 Å². The smallest absolute Gasteiger partial charge is 0.327 e. The van der Waals surface area contributed by atoms with Gasteiger partial charge in [-0.25, -0.2) is 4.79 Å². The zero-order valence-electron chi connectivity index (χ0n) is 16.3. The van der Waals surface area contributed by atoms with E-state index in [1.807, 2.05) is 6.07 Å². The number of nitrogens with one attached hydrogen (secondary N) is 1. The quantitative estimate of drug-likeness (QED) is 0.721. The summed E-state index contributed by atoms with van der Waals surface area (Å²) in [5.74, 6) is -0.151. The molecule has 0 bridgehead atoms. The Morgan fingerprint density at radius 3 is 2.68 bits per heavy atom. The molecule has 8 nitrogen and oxygen atoms in total. The molecule has 0 spiro atoms. The topological polar surface area (TPSA) is 79.4 Å². The number of amides is 3. The number of rotatable bonds is 6. The van der Waals surface area contributed by atoms with E-state index in [-0.39, 0.29) is 43.6 Å². The van der Waals surface area contributed by atoms with Crippen LogP contribution in [-0.2, 0) is 11.2 Å². The number of hydrogen-bond donors (Lipinski definition) is 2. The second-order valence-corrected chi connectivity index (χ2v) is 7.75. The van der Waals surface area contributed by atoms with Gasteiger partial charge in [-0.2, -0.15) is 0 Å². The van der Waals surface area contributed by atoms with Crippen molar-refractivity contribution in [2.45, 2.75) is 37.8 Å². The predicted molar refractivity (Wildman–Crippen MR) is 104 cm³/mol. The number of likely N-dealkylation sites (N-methyl/N-ethyl adjacent to an activating group) is 1. The maximum atomic E-state index is 13.1. The molecule has 1 aromatic rings. The van der Waals surface area contributed by atoms with E-state index < -0.39 is 0 Å². The average Bonchev–Trinajstić information content (AvgIpc) is 3.12. The fourth-order valence-electron chi connectivity index (χ4n) is 4.58. The monoisotopic (exact) mass is 387 g/mol. The van der Waals surface area contributed by atoms with E-state index in [9.17, 15) is 9.59 Å². The third-order valence-corrected chi connectivity index (χ3v) is 6.04. The van der Waals surface area contributed by atoms with Crippen molar-refractivity contribution in [1.29, 1.82) is 0 Å². The van der Waals surface area contributed by atoms with Gasteiger partial charge in [0.25, 0.3) is 5.91 Å². The SMILES string of the molecule is CN1C(=O)N(CCCO)C(=O)C2C1NC1N(CCc3ccccc3)CCCN21. The third-order valence-electron chi connectivity index (χ3n) is 6.04. The molecule has 0 aliphatic carbocycles. The lowest BCUT2D eigenvalue weighted by Gasteiger charge is -2.43. The van der Waals surface area contributed by atoms with E-state index in [0.29, 0.717) is 6.42 Å². The van der Waals surface area contributed by atoms with Crippen molar-refractivity contribution < 1.29 is 14.7 Å². The van der Waals surface area contributed by atoms with E-state index in [1.54, 1.807) is 11.9 Å². The second kappa shape index (κ2) is 8.16. The van der Waals surface area contributed by atoms with Crippen molar-refractivity contribution >= 4 is 11.9 Å². The van der Waals surface area contributed by atoms with Crippen LogP contribution in [0.25, 0.3) is 0 Å². The Labute approximate surface area is 165 Å². The zero-order chi connectivity index (χ0) is 19.7. The lowest BCUT2D eigenvalue weighted by Crippen LogP contribution is -2.66. The molecule has 3 aliphatic heterocycles. The largest absolute Gasteiger partial charge is 0.396 e. The van der Waals surface area contributed by atoms with Gasteiger partial charge < -0.3 is 10.0 Å². The van der Waals surface area contributed by atoms with Crippen molar-refractivity contribution in [2.75, 3.05) is 39.8 Å². The Kier molecular flexibility index (Phi) is 5.63. The van der Waals surface area contributed by atoms with Crippen LogP contribution in [-0.4, -0.2) is 95.0 Å². The van der Waals surface area contributed by atoms with Crippen LogP contribution in [0.1, 0.15) is 18.4 Å². The van der Waals surface area contributed by atoms with Crippen molar-refractivity contribution in [2.24, 2.45) is 0 Å². The van der Waals surface area contributed by atoms with E-state index in [2.05, 4.69) is 39.4 Å². The van der Waals surface area contributed by atoms with Crippen LogP contribution < -0.4 is 5.32 Å². The number of carbonyl (C=O) groups excluding carboxylic acids is 2. The molecule has 3 amide bonds. The number of urea groups is 1. The van der Waals surface area contributed by atoms with E-state index in [1.165, 1.54) is 10.5 Å². The molecule has 0 radical (unpaired) electrons. The molecule has 4 rings (SSSR count). The van der Waals surface area contributed by atoms with Crippen LogP contribution in [0, 0.1) is 0 Å². The standard InChI is InChI=1S/C20H29N5O3/c1-22-17-16(18(27)25(20(22)28)12-6-14-26)24-11-5-10-23(19(24)21-17)13-9-15-7-3-2-4-8-15/h2-4,7-8,16-17,19,21,26H,5-6,9-14H2,1H3. The highest BCUT2D eigenvalue weighted by atomic mass is 16.3.